The van der Waals surface area contributed by atoms with Crippen molar-refractivity contribution in [3.05, 3.63) is 178 Å². The van der Waals surface area contributed by atoms with Crippen molar-refractivity contribution in [3.8, 4) is 11.1 Å². The zero-order valence-corrected chi connectivity index (χ0v) is 33.1. The van der Waals surface area contributed by atoms with Crippen molar-refractivity contribution in [1.82, 2.24) is 0 Å². The maximum Gasteiger partial charge on any atom is 0.249 e. The first-order chi connectivity index (χ1) is 26.0. The van der Waals surface area contributed by atoms with Crippen LogP contribution in [0.5, 0.6) is 0 Å². The summed E-state index contributed by atoms with van der Waals surface area (Å²) in [6, 6.07) is 31.5. The van der Waals surface area contributed by atoms with E-state index in [-0.39, 0.29) is 17.5 Å². The molecule has 4 aromatic carbocycles. The summed E-state index contributed by atoms with van der Waals surface area (Å²) in [5.74, 6) is 0. The van der Waals surface area contributed by atoms with Crippen LogP contribution in [0.15, 0.2) is 162 Å². The lowest BCUT2D eigenvalue weighted by Gasteiger charge is -2.42. The van der Waals surface area contributed by atoms with Gasteiger partial charge in [-0.1, -0.05) is 162 Å². The Hall–Kier alpha value is -5.28. The molecule has 2 aliphatic carbocycles. The highest BCUT2D eigenvalue weighted by atomic mass is 15.2. The first kappa shape index (κ1) is 35.7. The van der Waals surface area contributed by atoms with Gasteiger partial charge in [0.2, 0.25) is 6.71 Å². The fourth-order valence-corrected chi connectivity index (χ4v) is 8.50. The van der Waals surface area contributed by atoms with Crippen molar-refractivity contribution in [2.75, 3.05) is 10.2 Å². The zero-order chi connectivity index (χ0) is 37.6. The number of hydrogen-bond acceptors (Lipinski definition) is 2. The average molecular weight is 705 g/mol. The smallest absolute Gasteiger partial charge is 0.249 e. The van der Waals surface area contributed by atoms with Gasteiger partial charge >= 0.3 is 0 Å². The van der Waals surface area contributed by atoms with Crippen molar-refractivity contribution < 1.29 is 0 Å². The van der Waals surface area contributed by atoms with E-state index in [0.29, 0.717) is 0 Å². The highest BCUT2D eigenvalue weighted by molar-refractivity contribution is 6.94. The minimum absolute atomic E-state index is 0.00159. The third-order valence-electron chi connectivity index (χ3n) is 11.4. The van der Waals surface area contributed by atoms with Gasteiger partial charge in [-0.3, -0.25) is 0 Å². The summed E-state index contributed by atoms with van der Waals surface area (Å²) >= 11 is 0. The fourth-order valence-electron chi connectivity index (χ4n) is 8.50. The van der Waals surface area contributed by atoms with Crippen LogP contribution >= 0.6 is 0 Å². The third-order valence-corrected chi connectivity index (χ3v) is 11.4. The molecule has 0 amide bonds. The number of allylic oxidation sites excluding steroid dienone is 10. The monoisotopic (exact) mass is 704 g/mol. The van der Waals surface area contributed by atoms with Gasteiger partial charge in [0, 0.05) is 28.3 Å². The number of fused-ring (bicyclic) bond motifs is 2. The number of anilines is 3. The van der Waals surface area contributed by atoms with Gasteiger partial charge in [0.1, 0.15) is 0 Å². The van der Waals surface area contributed by atoms with Gasteiger partial charge in [-0.05, 0) is 118 Å². The number of hydrogen-bond donors (Lipinski definition) is 1. The average Bonchev–Trinajstić information content (AvgIpc) is 3.15. The quantitative estimate of drug-likeness (QED) is 0.208. The topological polar surface area (TPSA) is 15.3 Å². The van der Waals surface area contributed by atoms with Crippen LogP contribution in [0.25, 0.3) is 17.2 Å². The minimum atomic E-state index is -0.0327. The third kappa shape index (κ3) is 6.82. The van der Waals surface area contributed by atoms with E-state index in [2.05, 4.69) is 198 Å². The van der Waals surface area contributed by atoms with Crippen LogP contribution in [0.4, 0.5) is 17.1 Å². The first-order valence-corrected chi connectivity index (χ1v) is 19.8. The molecule has 0 atom stereocenters. The molecule has 2 aliphatic heterocycles. The SMILES string of the molecule is Cc1cc2c3c(c1)N(C1=CCCC=C1C1=CC=CCC1)c1cc(C(C)(C)C)ccc1B3C(=C\Nc1ccccc1-c1ccccc1)/C=C\C(C(C)(C)C)=C2. The van der Waals surface area contributed by atoms with E-state index in [1.165, 1.54) is 78.0 Å². The second-order valence-electron chi connectivity index (χ2n) is 17.4. The Morgan fingerprint density at radius 3 is 2.30 bits per heavy atom. The molecule has 270 valence electrons. The molecule has 4 aliphatic rings. The van der Waals surface area contributed by atoms with E-state index >= 15 is 0 Å². The second kappa shape index (κ2) is 14.2. The Labute approximate surface area is 324 Å². The highest BCUT2D eigenvalue weighted by Crippen LogP contribution is 2.44. The minimum Gasteiger partial charge on any atom is -0.362 e. The summed E-state index contributed by atoms with van der Waals surface area (Å²) < 4.78 is 0. The number of benzene rings is 4. The largest absolute Gasteiger partial charge is 0.362 e. The molecule has 0 spiro atoms. The van der Waals surface area contributed by atoms with Crippen LogP contribution < -0.4 is 21.1 Å². The van der Waals surface area contributed by atoms with Gasteiger partial charge in [-0.2, -0.15) is 0 Å². The van der Waals surface area contributed by atoms with Crippen LogP contribution in [-0.4, -0.2) is 6.71 Å². The Bertz CT molecular complexity index is 2330. The van der Waals surface area contributed by atoms with E-state index in [1.807, 2.05) is 0 Å². The van der Waals surface area contributed by atoms with Gasteiger partial charge in [-0.15, -0.1) is 0 Å². The molecule has 0 radical (unpaired) electrons. The molecule has 0 saturated carbocycles. The van der Waals surface area contributed by atoms with E-state index in [9.17, 15) is 0 Å². The molecule has 3 heteroatoms. The van der Waals surface area contributed by atoms with Crippen LogP contribution in [0.1, 0.15) is 83.9 Å². The Kier molecular flexibility index (Phi) is 9.38. The number of rotatable bonds is 5. The summed E-state index contributed by atoms with van der Waals surface area (Å²) in [5.41, 5.74) is 19.4. The maximum atomic E-state index is 3.84. The zero-order valence-electron chi connectivity index (χ0n) is 33.1. The molecule has 8 rings (SSSR count). The summed E-state index contributed by atoms with van der Waals surface area (Å²) in [7, 11) is 0. The van der Waals surface area contributed by atoms with Crippen LogP contribution in [0.2, 0.25) is 0 Å². The van der Waals surface area contributed by atoms with Crippen molar-refractivity contribution in [3.63, 3.8) is 0 Å². The molecule has 1 N–H and O–H groups in total. The number of para-hydroxylation sites is 1. The summed E-state index contributed by atoms with van der Waals surface area (Å²) in [5, 5.41) is 3.84. The molecule has 54 heavy (non-hydrogen) atoms. The van der Waals surface area contributed by atoms with Crippen molar-refractivity contribution in [2.24, 2.45) is 5.41 Å². The van der Waals surface area contributed by atoms with Crippen molar-refractivity contribution in [1.29, 1.82) is 0 Å². The predicted octanol–water partition coefficient (Wildman–Crippen LogP) is 12.4. The molecule has 0 unspecified atom stereocenters. The second-order valence-corrected chi connectivity index (χ2v) is 17.4. The lowest BCUT2D eigenvalue weighted by molar-refractivity contribution is 0.520. The van der Waals surface area contributed by atoms with Gasteiger partial charge in [-0.25, -0.2) is 0 Å². The number of nitrogens with zero attached hydrogens (tertiary/aromatic N) is 1. The standard InChI is InChI=1S/C51H53BN2/c1-35-30-38-32-39(50(2,3)4)26-28-41(34-53-45-24-16-14-22-42(45)36-18-10-8-11-19-36)52-44-29-27-40(51(5,6)7)33-47(44)54(48(31-35)49(38)52)46-25-17-15-23-43(46)37-20-12-9-13-21-37/h8-12,14,16,18-20,22-34,53H,13,15,17,21H2,1-7H3/b28-26-,39-32?,41-34-. The first-order valence-electron chi connectivity index (χ1n) is 19.8. The van der Waals surface area contributed by atoms with Gasteiger partial charge in [0.05, 0.1) is 0 Å². The molecule has 2 nitrogen and oxygen atoms in total. The Balaban J connectivity index is 1.39. The van der Waals surface area contributed by atoms with E-state index in [1.54, 1.807) is 0 Å². The van der Waals surface area contributed by atoms with Crippen LogP contribution in [-0.2, 0) is 5.41 Å². The fraction of sp³-hybridized carbons (Fsp3) is 0.255. The van der Waals surface area contributed by atoms with Crippen LogP contribution in [0, 0.1) is 12.3 Å². The molecule has 4 aromatic rings. The molecule has 0 fully saturated rings. The highest BCUT2D eigenvalue weighted by Gasteiger charge is 2.40. The molecular weight excluding hydrogens is 651 g/mol. The lowest BCUT2D eigenvalue weighted by Crippen LogP contribution is -2.53. The van der Waals surface area contributed by atoms with Gasteiger partial charge in [0.15, 0.2) is 0 Å². The molecular formula is C51H53BN2. The number of nitrogens with one attached hydrogen (secondary N) is 1. The van der Waals surface area contributed by atoms with Crippen LogP contribution in [0.3, 0.4) is 0 Å². The Morgan fingerprint density at radius 1 is 0.759 bits per heavy atom. The van der Waals surface area contributed by atoms with E-state index < -0.39 is 0 Å². The normalized spacial score (nSPS) is 18.1. The molecule has 0 aromatic heterocycles. The summed E-state index contributed by atoms with van der Waals surface area (Å²) in [6.45, 7) is 16.3. The summed E-state index contributed by atoms with van der Waals surface area (Å²) in [4.78, 5) is 2.64. The van der Waals surface area contributed by atoms with Gasteiger partial charge < -0.3 is 10.2 Å². The van der Waals surface area contributed by atoms with E-state index in [4.69, 9.17) is 0 Å². The molecule has 2 heterocycles. The predicted molar refractivity (Wildman–Crippen MR) is 235 cm³/mol. The van der Waals surface area contributed by atoms with Crippen molar-refractivity contribution >= 4 is 40.8 Å². The van der Waals surface area contributed by atoms with E-state index in [0.717, 1.165) is 31.4 Å². The summed E-state index contributed by atoms with van der Waals surface area (Å²) in [6.07, 6.45) is 25.7. The van der Waals surface area contributed by atoms with Crippen molar-refractivity contribution in [2.45, 2.75) is 79.6 Å². The lowest BCUT2D eigenvalue weighted by atomic mass is 9.33. The maximum absolute atomic E-state index is 3.84. The Morgan fingerprint density at radius 2 is 1.54 bits per heavy atom. The number of aryl methyl sites for hydroxylation is 1. The molecule has 0 bridgehead atoms. The van der Waals surface area contributed by atoms with Gasteiger partial charge in [0.25, 0.3) is 0 Å². The molecule has 0 saturated heterocycles.